The Hall–Kier alpha value is -3.00. The second kappa shape index (κ2) is 9.43. The molecule has 2 aliphatic heterocycles. The summed E-state index contributed by atoms with van der Waals surface area (Å²) in [5.41, 5.74) is 1.26. The van der Waals surface area contributed by atoms with Gasteiger partial charge in [0.1, 0.15) is 19.8 Å². The second-order valence-corrected chi connectivity index (χ2v) is 8.19. The third-order valence-electron chi connectivity index (χ3n) is 5.80. The Morgan fingerprint density at radius 2 is 1.90 bits per heavy atom. The first-order chi connectivity index (χ1) is 15.0. The van der Waals surface area contributed by atoms with Gasteiger partial charge in [0, 0.05) is 30.1 Å². The van der Waals surface area contributed by atoms with E-state index in [0.717, 1.165) is 37.5 Å². The van der Waals surface area contributed by atoms with E-state index in [9.17, 15) is 9.59 Å². The van der Waals surface area contributed by atoms with Crippen molar-refractivity contribution in [1.29, 1.82) is 0 Å². The maximum atomic E-state index is 12.8. The minimum absolute atomic E-state index is 0.0741. The van der Waals surface area contributed by atoms with E-state index in [2.05, 4.69) is 17.1 Å². The van der Waals surface area contributed by atoms with E-state index in [1.165, 1.54) is 7.11 Å². The molecule has 4 rings (SSSR count). The largest absolute Gasteiger partial charge is 0.491 e. The summed E-state index contributed by atoms with van der Waals surface area (Å²) in [6, 6.07) is 6.91. The van der Waals surface area contributed by atoms with Crippen molar-refractivity contribution in [3.8, 4) is 17.2 Å². The molecule has 1 fully saturated rings. The van der Waals surface area contributed by atoms with Gasteiger partial charge in [-0.1, -0.05) is 6.92 Å². The van der Waals surface area contributed by atoms with Gasteiger partial charge >= 0.3 is 0 Å². The van der Waals surface area contributed by atoms with E-state index in [-0.39, 0.29) is 23.6 Å². The summed E-state index contributed by atoms with van der Waals surface area (Å²) in [5.74, 6) is 2.05. The first-order valence-corrected chi connectivity index (χ1v) is 10.7. The lowest BCUT2D eigenvalue weighted by atomic mass is 9.99. The standard InChI is InChI=1S/C23H29N3O5/c1-16-5-7-25(8-6-16)13-18-12-19(27)22(29-2)14-26(18)15-23(28)24-17-3-4-20-21(11-17)31-10-9-30-20/h3-4,11-12,14,16H,5-10,13,15H2,1-2H3,(H,24,28). The number of ether oxygens (including phenoxy) is 3. The van der Waals surface area contributed by atoms with E-state index in [0.29, 0.717) is 36.9 Å². The topological polar surface area (TPSA) is 82.0 Å². The average molecular weight is 428 g/mol. The molecule has 0 unspecified atom stereocenters. The number of likely N-dealkylation sites (tertiary alicyclic amines) is 1. The minimum Gasteiger partial charge on any atom is -0.491 e. The SMILES string of the molecule is COc1cn(CC(=O)Nc2ccc3c(c2)OCCO3)c(CN2CCC(C)CC2)cc1=O. The van der Waals surface area contributed by atoms with Crippen molar-refractivity contribution in [2.24, 2.45) is 5.92 Å². The molecule has 3 heterocycles. The van der Waals surface area contributed by atoms with Gasteiger partial charge in [0.25, 0.3) is 0 Å². The summed E-state index contributed by atoms with van der Waals surface area (Å²) in [5, 5.41) is 2.90. The van der Waals surface area contributed by atoms with Gasteiger partial charge in [-0.3, -0.25) is 14.5 Å². The molecule has 2 aliphatic rings. The lowest BCUT2D eigenvalue weighted by Crippen LogP contribution is -2.34. The van der Waals surface area contributed by atoms with Crippen LogP contribution in [0.4, 0.5) is 5.69 Å². The number of benzene rings is 1. The summed E-state index contributed by atoms with van der Waals surface area (Å²) in [4.78, 5) is 27.5. The maximum absolute atomic E-state index is 12.8. The van der Waals surface area contributed by atoms with Gasteiger partial charge in [0.2, 0.25) is 11.3 Å². The zero-order chi connectivity index (χ0) is 21.8. The highest BCUT2D eigenvalue weighted by molar-refractivity contribution is 5.91. The fourth-order valence-corrected chi connectivity index (χ4v) is 3.96. The van der Waals surface area contributed by atoms with E-state index in [1.807, 2.05) is 0 Å². The number of carbonyl (C=O) groups excluding carboxylic acids is 1. The van der Waals surface area contributed by atoms with Crippen LogP contribution in [0.2, 0.25) is 0 Å². The Morgan fingerprint density at radius 3 is 2.65 bits per heavy atom. The molecule has 1 amide bonds. The number of nitrogens with one attached hydrogen (secondary N) is 1. The zero-order valence-corrected chi connectivity index (χ0v) is 18.1. The molecule has 1 aromatic carbocycles. The molecule has 31 heavy (non-hydrogen) atoms. The normalized spacial score (nSPS) is 16.7. The molecule has 0 saturated carbocycles. The molecule has 0 atom stereocenters. The van der Waals surface area contributed by atoms with Crippen LogP contribution >= 0.6 is 0 Å². The summed E-state index contributed by atoms with van der Waals surface area (Å²) in [6.07, 6.45) is 3.91. The fraction of sp³-hybridized carbons (Fsp3) is 0.478. The third kappa shape index (κ3) is 5.19. The first-order valence-electron chi connectivity index (χ1n) is 10.7. The van der Waals surface area contributed by atoms with Crippen molar-refractivity contribution in [2.75, 3.05) is 38.7 Å². The van der Waals surface area contributed by atoms with Crippen LogP contribution in [0.5, 0.6) is 17.2 Å². The van der Waals surface area contributed by atoms with Gasteiger partial charge in [-0.05, 0) is 44.0 Å². The second-order valence-electron chi connectivity index (χ2n) is 8.19. The number of nitrogens with zero attached hydrogens (tertiary/aromatic N) is 2. The lowest BCUT2D eigenvalue weighted by Gasteiger charge is -2.31. The Labute approximate surface area is 181 Å². The number of rotatable bonds is 6. The predicted octanol–water partition coefficient (Wildman–Crippen LogP) is 2.50. The van der Waals surface area contributed by atoms with Crippen LogP contribution in [0.1, 0.15) is 25.5 Å². The summed E-state index contributed by atoms with van der Waals surface area (Å²) in [7, 11) is 1.46. The van der Waals surface area contributed by atoms with Gasteiger partial charge in [-0.15, -0.1) is 0 Å². The molecule has 166 valence electrons. The molecule has 0 spiro atoms. The Balaban J connectivity index is 1.49. The van der Waals surface area contributed by atoms with E-state index >= 15 is 0 Å². The van der Waals surface area contributed by atoms with Crippen molar-refractivity contribution >= 4 is 11.6 Å². The molecule has 8 nitrogen and oxygen atoms in total. The number of methoxy groups -OCH3 is 1. The van der Waals surface area contributed by atoms with Gasteiger partial charge in [-0.25, -0.2) is 0 Å². The van der Waals surface area contributed by atoms with E-state index in [4.69, 9.17) is 14.2 Å². The fourth-order valence-electron chi connectivity index (χ4n) is 3.96. The monoisotopic (exact) mass is 427 g/mol. The van der Waals surface area contributed by atoms with Gasteiger partial charge in [0.15, 0.2) is 17.2 Å². The van der Waals surface area contributed by atoms with Gasteiger partial charge in [-0.2, -0.15) is 0 Å². The molecule has 0 bridgehead atoms. The number of hydrogen-bond acceptors (Lipinski definition) is 6. The van der Waals surface area contributed by atoms with Gasteiger partial charge < -0.3 is 24.1 Å². The highest BCUT2D eigenvalue weighted by atomic mass is 16.6. The molecule has 2 aromatic rings. The Bertz CT molecular complexity index is 995. The maximum Gasteiger partial charge on any atom is 0.244 e. The lowest BCUT2D eigenvalue weighted by molar-refractivity contribution is -0.116. The molecule has 8 heteroatoms. The Morgan fingerprint density at radius 1 is 1.16 bits per heavy atom. The molecule has 0 radical (unpaired) electrons. The quantitative estimate of drug-likeness (QED) is 0.763. The van der Waals surface area contributed by atoms with Crippen LogP contribution in [0, 0.1) is 5.92 Å². The van der Waals surface area contributed by atoms with Crippen molar-refractivity contribution in [2.45, 2.75) is 32.9 Å². The van der Waals surface area contributed by atoms with Crippen LogP contribution in [0.25, 0.3) is 0 Å². The van der Waals surface area contributed by atoms with Crippen LogP contribution in [-0.2, 0) is 17.9 Å². The molecule has 1 N–H and O–H groups in total. The molecular formula is C23H29N3O5. The number of pyridine rings is 1. The summed E-state index contributed by atoms with van der Waals surface area (Å²) >= 11 is 0. The highest BCUT2D eigenvalue weighted by Gasteiger charge is 2.19. The summed E-state index contributed by atoms with van der Waals surface area (Å²) in [6.45, 7) is 5.96. The number of fused-ring (bicyclic) bond motifs is 1. The van der Waals surface area contributed by atoms with Crippen LogP contribution in [0.3, 0.4) is 0 Å². The minimum atomic E-state index is -0.198. The predicted molar refractivity (Wildman–Crippen MR) is 117 cm³/mol. The summed E-state index contributed by atoms with van der Waals surface area (Å²) < 4.78 is 18.1. The van der Waals surface area contributed by atoms with Crippen molar-refractivity contribution in [3.63, 3.8) is 0 Å². The highest BCUT2D eigenvalue weighted by Crippen LogP contribution is 2.32. The number of piperidine rings is 1. The number of carbonyl (C=O) groups is 1. The molecule has 1 aromatic heterocycles. The Kier molecular flexibility index (Phi) is 6.46. The van der Waals surface area contributed by atoms with Crippen molar-refractivity contribution in [3.05, 3.63) is 46.4 Å². The zero-order valence-electron chi connectivity index (χ0n) is 18.1. The van der Waals surface area contributed by atoms with Crippen molar-refractivity contribution < 1.29 is 19.0 Å². The molecule has 0 aliphatic carbocycles. The van der Waals surface area contributed by atoms with Crippen LogP contribution in [0.15, 0.2) is 35.3 Å². The van der Waals surface area contributed by atoms with Crippen LogP contribution in [-0.4, -0.2) is 48.8 Å². The number of hydrogen-bond donors (Lipinski definition) is 1. The number of amides is 1. The van der Waals surface area contributed by atoms with Gasteiger partial charge in [0.05, 0.1) is 13.3 Å². The first kappa shape index (κ1) is 21.2. The van der Waals surface area contributed by atoms with E-state index in [1.54, 1.807) is 35.0 Å². The molecule has 1 saturated heterocycles. The average Bonchev–Trinajstić information content (AvgIpc) is 2.77. The number of aromatic nitrogens is 1. The third-order valence-corrected chi connectivity index (χ3v) is 5.80. The van der Waals surface area contributed by atoms with E-state index < -0.39 is 0 Å². The van der Waals surface area contributed by atoms with Crippen LogP contribution < -0.4 is 25.0 Å². The smallest absolute Gasteiger partial charge is 0.244 e. The number of anilines is 1. The van der Waals surface area contributed by atoms with Crippen molar-refractivity contribution in [1.82, 2.24) is 9.47 Å². The molecular weight excluding hydrogens is 398 g/mol.